The van der Waals surface area contributed by atoms with Gasteiger partial charge in [-0.25, -0.2) is 13.1 Å². The second-order valence-electron chi connectivity index (χ2n) is 6.16. The van der Waals surface area contributed by atoms with Crippen molar-refractivity contribution in [2.24, 2.45) is 0 Å². The summed E-state index contributed by atoms with van der Waals surface area (Å²) < 4.78 is 32.5. The number of carbonyl (C=O) groups is 2. The van der Waals surface area contributed by atoms with E-state index in [-0.39, 0.29) is 35.4 Å². The number of rotatable bonds is 8. The molecule has 3 N–H and O–H groups in total. The third-order valence-corrected chi connectivity index (χ3v) is 5.87. The molecule has 3 rings (SSSR count). The number of anilines is 2. The third-order valence-electron chi connectivity index (χ3n) is 3.92. The van der Waals surface area contributed by atoms with Crippen molar-refractivity contribution in [3.8, 4) is 0 Å². The second kappa shape index (κ2) is 9.70. The quantitative estimate of drug-likeness (QED) is 0.444. The first-order chi connectivity index (χ1) is 14.3. The van der Waals surface area contributed by atoms with Crippen LogP contribution in [0.3, 0.4) is 0 Å². The maximum Gasteiger partial charge on any atom is 0.291 e. The van der Waals surface area contributed by atoms with E-state index in [1.807, 2.05) is 0 Å². The summed E-state index contributed by atoms with van der Waals surface area (Å²) in [5, 5.41) is 5.34. The molecular weight excluding hydrogens is 474 g/mol. The van der Waals surface area contributed by atoms with Crippen LogP contribution in [0, 0.1) is 0 Å². The average Bonchev–Trinajstić information content (AvgIpc) is 3.24. The first-order valence-corrected chi connectivity index (χ1v) is 11.1. The molecule has 8 nitrogen and oxygen atoms in total. The molecule has 0 radical (unpaired) electrons. The Hall–Kier alpha value is -2.95. The molecule has 156 valence electrons. The van der Waals surface area contributed by atoms with E-state index in [1.165, 1.54) is 18.4 Å². The number of hydrogen-bond donors (Lipinski definition) is 3. The minimum Gasteiger partial charge on any atom is -0.459 e. The van der Waals surface area contributed by atoms with E-state index in [9.17, 15) is 18.0 Å². The third kappa shape index (κ3) is 6.02. The average molecular weight is 492 g/mol. The van der Waals surface area contributed by atoms with Gasteiger partial charge < -0.3 is 15.1 Å². The lowest BCUT2D eigenvalue weighted by molar-refractivity contribution is -0.116. The Kier molecular flexibility index (Phi) is 7.03. The summed E-state index contributed by atoms with van der Waals surface area (Å²) >= 11 is 3.23. The maximum absolute atomic E-state index is 12.2. The maximum atomic E-state index is 12.2. The fourth-order valence-corrected chi connectivity index (χ4v) is 4.11. The molecule has 10 heteroatoms. The molecule has 0 unspecified atom stereocenters. The van der Waals surface area contributed by atoms with Crippen LogP contribution in [0.2, 0.25) is 0 Å². The highest BCUT2D eigenvalue weighted by molar-refractivity contribution is 9.10. The number of furan rings is 1. The van der Waals surface area contributed by atoms with Crippen molar-refractivity contribution >= 4 is 49.1 Å². The Balaban J connectivity index is 1.47. The molecule has 0 saturated heterocycles. The van der Waals surface area contributed by atoms with Crippen LogP contribution in [-0.4, -0.2) is 26.8 Å². The number of benzene rings is 2. The van der Waals surface area contributed by atoms with Crippen molar-refractivity contribution in [2.45, 2.75) is 11.3 Å². The highest BCUT2D eigenvalue weighted by atomic mass is 79.9. The minimum atomic E-state index is -3.70. The SMILES string of the molecule is O=C(CCNS(=O)(=O)c1cccc(Br)c1)Nc1ccc(NC(=O)c2ccco2)cc1. The van der Waals surface area contributed by atoms with Crippen LogP contribution >= 0.6 is 15.9 Å². The van der Waals surface area contributed by atoms with E-state index in [0.717, 1.165) is 0 Å². The monoisotopic (exact) mass is 491 g/mol. The fraction of sp³-hybridized carbons (Fsp3) is 0.100. The summed E-state index contributed by atoms with van der Waals surface area (Å²) in [6.45, 7) is -0.0437. The number of halogens is 1. The molecule has 3 aromatic rings. The van der Waals surface area contributed by atoms with Crippen LogP contribution in [0.15, 0.2) is 80.7 Å². The Morgan fingerprint density at radius 3 is 2.27 bits per heavy atom. The predicted octanol–water partition coefficient (Wildman–Crippen LogP) is 3.60. The van der Waals surface area contributed by atoms with E-state index in [4.69, 9.17) is 4.42 Å². The lowest BCUT2D eigenvalue weighted by Crippen LogP contribution is -2.27. The zero-order chi connectivity index (χ0) is 21.6. The first kappa shape index (κ1) is 21.8. The molecule has 30 heavy (non-hydrogen) atoms. The Labute approximate surface area is 181 Å². The highest BCUT2D eigenvalue weighted by Crippen LogP contribution is 2.17. The van der Waals surface area contributed by atoms with Gasteiger partial charge in [0.2, 0.25) is 15.9 Å². The molecular formula is C20H18BrN3O5S. The number of hydrogen-bond acceptors (Lipinski definition) is 5. The summed E-state index contributed by atoms with van der Waals surface area (Å²) in [4.78, 5) is 24.1. The lowest BCUT2D eigenvalue weighted by atomic mass is 10.2. The summed E-state index contributed by atoms with van der Waals surface area (Å²) in [7, 11) is -3.70. The van der Waals surface area contributed by atoms with Crippen LogP contribution in [0.5, 0.6) is 0 Å². The zero-order valence-corrected chi connectivity index (χ0v) is 18.0. The van der Waals surface area contributed by atoms with Crippen LogP contribution in [0.1, 0.15) is 17.0 Å². The highest BCUT2D eigenvalue weighted by Gasteiger charge is 2.14. The van der Waals surface area contributed by atoms with Gasteiger partial charge in [-0.15, -0.1) is 0 Å². The Morgan fingerprint density at radius 1 is 0.933 bits per heavy atom. The van der Waals surface area contributed by atoms with E-state index >= 15 is 0 Å². The molecule has 0 aliphatic carbocycles. The normalized spacial score (nSPS) is 11.1. The largest absolute Gasteiger partial charge is 0.459 e. The Morgan fingerprint density at radius 2 is 1.63 bits per heavy atom. The molecule has 2 aromatic carbocycles. The number of nitrogens with one attached hydrogen (secondary N) is 3. The van der Waals surface area contributed by atoms with E-state index in [2.05, 4.69) is 31.3 Å². The fourth-order valence-electron chi connectivity index (χ4n) is 2.48. The van der Waals surface area contributed by atoms with Gasteiger partial charge in [-0.05, 0) is 54.6 Å². The molecule has 0 fully saturated rings. The standard InChI is InChI=1S/C20H18BrN3O5S/c21-14-3-1-4-17(13-14)30(27,28)22-11-10-19(25)23-15-6-8-16(9-7-15)24-20(26)18-5-2-12-29-18/h1-9,12-13,22H,10-11H2,(H,23,25)(H,24,26). The van der Waals surface area contributed by atoms with E-state index in [1.54, 1.807) is 48.5 Å². The molecule has 2 amide bonds. The molecule has 0 atom stereocenters. The lowest BCUT2D eigenvalue weighted by Gasteiger charge is -2.09. The summed E-state index contributed by atoms with van der Waals surface area (Å²) in [5.41, 5.74) is 1.06. The van der Waals surface area contributed by atoms with Crippen molar-refractivity contribution in [1.29, 1.82) is 0 Å². The Bertz CT molecular complexity index is 1130. The van der Waals surface area contributed by atoms with Crippen molar-refractivity contribution in [3.63, 3.8) is 0 Å². The number of amides is 2. The topological polar surface area (TPSA) is 118 Å². The van der Waals surface area contributed by atoms with Gasteiger partial charge in [-0.2, -0.15) is 0 Å². The summed E-state index contributed by atoms with van der Waals surface area (Å²) in [5.74, 6) is -0.536. The summed E-state index contributed by atoms with van der Waals surface area (Å²) in [6, 6.07) is 16.0. The van der Waals surface area contributed by atoms with Gasteiger partial charge in [0.05, 0.1) is 11.2 Å². The van der Waals surface area contributed by atoms with Crippen LogP contribution in [0.4, 0.5) is 11.4 Å². The van der Waals surface area contributed by atoms with Gasteiger partial charge in [0.25, 0.3) is 5.91 Å². The number of sulfonamides is 1. The van der Waals surface area contributed by atoms with E-state index in [0.29, 0.717) is 15.8 Å². The van der Waals surface area contributed by atoms with Crippen molar-refractivity contribution in [1.82, 2.24) is 4.72 Å². The zero-order valence-electron chi connectivity index (χ0n) is 15.6. The van der Waals surface area contributed by atoms with E-state index < -0.39 is 10.0 Å². The van der Waals surface area contributed by atoms with Gasteiger partial charge in [0.1, 0.15) is 0 Å². The van der Waals surface area contributed by atoms with Gasteiger partial charge >= 0.3 is 0 Å². The molecule has 1 aromatic heterocycles. The molecule has 0 aliphatic heterocycles. The van der Waals surface area contributed by atoms with Crippen LogP contribution in [0.25, 0.3) is 0 Å². The molecule has 1 heterocycles. The van der Waals surface area contributed by atoms with Crippen molar-refractivity contribution in [3.05, 3.63) is 77.2 Å². The predicted molar refractivity (Wildman–Crippen MR) is 116 cm³/mol. The van der Waals surface area contributed by atoms with Gasteiger partial charge in [0.15, 0.2) is 5.76 Å². The van der Waals surface area contributed by atoms with Gasteiger partial charge in [-0.3, -0.25) is 9.59 Å². The first-order valence-electron chi connectivity index (χ1n) is 8.83. The smallest absolute Gasteiger partial charge is 0.291 e. The molecule has 0 saturated carbocycles. The minimum absolute atomic E-state index is 0.0375. The molecule has 0 bridgehead atoms. The summed E-state index contributed by atoms with van der Waals surface area (Å²) in [6.07, 6.45) is 1.37. The molecule has 0 aliphatic rings. The molecule has 0 spiro atoms. The number of carbonyl (C=O) groups excluding carboxylic acids is 2. The van der Waals surface area contributed by atoms with Crippen LogP contribution in [-0.2, 0) is 14.8 Å². The van der Waals surface area contributed by atoms with Crippen molar-refractivity contribution in [2.75, 3.05) is 17.2 Å². The second-order valence-corrected chi connectivity index (χ2v) is 8.84. The van der Waals surface area contributed by atoms with Crippen LogP contribution < -0.4 is 15.4 Å². The van der Waals surface area contributed by atoms with Gasteiger partial charge in [-0.1, -0.05) is 22.0 Å². The van der Waals surface area contributed by atoms with Crippen molar-refractivity contribution < 1.29 is 22.4 Å². The van der Waals surface area contributed by atoms with Gasteiger partial charge in [0, 0.05) is 28.8 Å².